The molecule has 1 heterocycles. The zero-order valence-corrected chi connectivity index (χ0v) is 20.9. The predicted octanol–water partition coefficient (Wildman–Crippen LogP) is 3.12. The number of nitrogens with zero attached hydrogens (tertiary/aromatic N) is 1. The van der Waals surface area contributed by atoms with Gasteiger partial charge in [-0.15, -0.1) is 0 Å². The summed E-state index contributed by atoms with van der Waals surface area (Å²) in [5.41, 5.74) is -3.96. The molecule has 0 saturated carbocycles. The summed E-state index contributed by atoms with van der Waals surface area (Å²) in [5.74, 6) is -6.26. The first-order valence-electron chi connectivity index (χ1n) is 11.5. The Morgan fingerprint density at radius 1 is 1.00 bits per heavy atom. The molecule has 1 aromatic heterocycles. The zero-order chi connectivity index (χ0) is 27.9. The minimum atomic E-state index is -4.15. The van der Waals surface area contributed by atoms with Crippen molar-refractivity contribution in [2.75, 3.05) is 0 Å². The van der Waals surface area contributed by atoms with Gasteiger partial charge in [-0.2, -0.15) is 0 Å². The Morgan fingerprint density at radius 3 is 2.21 bits per heavy atom. The second kappa shape index (κ2) is 9.66. The highest BCUT2D eigenvalue weighted by molar-refractivity contribution is 7.90. The molecule has 0 aliphatic heterocycles. The molecule has 0 amide bonds. The van der Waals surface area contributed by atoms with Crippen LogP contribution in [0.1, 0.15) is 34.8 Å². The summed E-state index contributed by atoms with van der Waals surface area (Å²) < 4.78 is 40.8. The monoisotopic (exact) mass is 541 g/mol. The summed E-state index contributed by atoms with van der Waals surface area (Å²) in [6.45, 7) is 1.23. The molecule has 9 nitrogen and oxygen atoms in total. The van der Waals surface area contributed by atoms with Crippen LogP contribution in [0, 0.1) is 17.2 Å². The van der Waals surface area contributed by atoms with Gasteiger partial charge in [0.15, 0.2) is 11.4 Å². The van der Waals surface area contributed by atoms with Crippen molar-refractivity contribution in [1.82, 2.24) is 3.97 Å². The summed E-state index contributed by atoms with van der Waals surface area (Å²) >= 11 is 0. The molecule has 4 rings (SSSR count). The third-order valence-electron chi connectivity index (χ3n) is 6.73. The number of hydrogen-bond acceptors (Lipinski definition) is 6. The van der Waals surface area contributed by atoms with Crippen molar-refractivity contribution in [3.8, 4) is 0 Å². The summed E-state index contributed by atoms with van der Waals surface area (Å²) in [5, 5.41) is 30.4. The van der Waals surface area contributed by atoms with E-state index in [0.29, 0.717) is 5.56 Å². The van der Waals surface area contributed by atoms with Crippen molar-refractivity contribution in [3.05, 3.63) is 102 Å². The van der Waals surface area contributed by atoms with E-state index in [1.54, 1.807) is 6.07 Å². The maximum Gasteiger partial charge on any atom is 0.336 e. The topological polar surface area (TPSA) is 151 Å². The molecule has 0 saturated heterocycles. The number of carboxylic acids is 2. The summed E-state index contributed by atoms with van der Waals surface area (Å²) in [6, 6.07) is 12.8. The van der Waals surface area contributed by atoms with Gasteiger partial charge in [-0.3, -0.25) is 9.59 Å². The SMILES string of the molecule is CC1(C(=O)O)C=CC(C(=O)c2cn(S(=O)(=O)c3ccccc3)cc2Cc2ccc(F)cc2)C(O)(C(=O)O)C1. The van der Waals surface area contributed by atoms with Crippen molar-refractivity contribution < 1.29 is 42.5 Å². The highest BCUT2D eigenvalue weighted by Gasteiger charge is 2.55. The third-order valence-corrected chi connectivity index (χ3v) is 8.36. The lowest BCUT2D eigenvalue weighted by molar-refractivity contribution is -0.169. The van der Waals surface area contributed by atoms with Crippen molar-refractivity contribution in [3.63, 3.8) is 0 Å². The number of aliphatic hydroxyl groups is 1. The molecule has 0 bridgehead atoms. The molecule has 0 radical (unpaired) electrons. The van der Waals surface area contributed by atoms with E-state index in [1.807, 2.05) is 0 Å². The van der Waals surface area contributed by atoms with E-state index in [9.17, 15) is 42.5 Å². The van der Waals surface area contributed by atoms with Crippen molar-refractivity contribution in [1.29, 1.82) is 0 Å². The lowest BCUT2D eigenvalue weighted by Gasteiger charge is -2.39. The molecular formula is C27H24FNO8S. The number of halogens is 1. The second-order valence-corrected chi connectivity index (χ2v) is 11.3. The van der Waals surface area contributed by atoms with Crippen LogP contribution in [0.25, 0.3) is 0 Å². The summed E-state index contributed by atoms with van der Waals surface area (Å²) in [4.78, 5) is 37.5. The average molecular weight is 542 g/mol. The van der Waals surface area contributed by atoms with Crippen LogP contribution >= 0.6 is 0 Å². The fourth-order valence-corrected chi connectivity index (χ4v) is 5.79. The number of rotatable bonds is 8. The Balaban J connectivity index is 1.85. The highest BCUT2D eigenvalue weighted by Crippen LogP contribution is 2.42. The van der Waals surface area contributed by atoms with Crippen LogP contribution in [0.3, 0.4) is 0 Å². The van der Waals surface area contributed by atoms with Gasteiger partial charge >= 0.3 is 11.9 Å². The minimum Gasteiger partial charge on any atom is -0.481 e. The second-order valence-electron chi connectivity index (χ2n) is 9.48. The molecule has 3 atom stereocenters. The number of ketones is 1. The molecule has 198 valence electrons. The van der Waals surface area contributed by atoms with E-state index >= 15 is 0 Å². The van der Waals surface area contributed by atoms with Gasteiger partial charge in [-0.05, 0) is 48.7 Å². The fraction of sp³-hybridized carbons (Fsp3) is 0.222. The number of hydrogen-bond donors (Lipinski definition) is 3. The molecule has 0 fully saturated rings. The molecule has 3 N–H and O–H groups in total. The molecule has 38 heavy (non-hydrogen) atoms. The summed E-state index contributed by atoms with van der Waals surface area (Å²) in [7, 11) is -4.15. The van der Waals surface area contributed by atoms with Gasteiger partial charge in [0.1, 0.15) is 5.82 Å². The van der Waals surface area contributed by atoms with Gasteiger partial charge < -0.3 is 15.3 Å². The standard InChI is InChI=1S/C27H24FNO8S/c1-26(24(31)32)12-11-22(27(35,16-26)25(33)34)23(30)21-15-29(38(36,37)20-5-3-2-4-6-20)14-18(21)13-17-7-9-19(28)10-8-17/h2-12,14-15,22,35H,13,16H2,1H3,(H,31,32)(H,33,34). The number of carboxylic acid groups (broad SMARTS) is 2. The van der Waals surface area contributed by atoms with Crippen LogP contribution in [0.4, 0.5) is 4.39 Å². The first-order valence-corrected chi connectivity index (χ1v) is 12.9. The Morgan fingerprint density at radius 2 is 1.63 bits per heavy atom. The van der Waals surface area contributed by atoms with E-state index in [4.69, 9.17) is 0 Å². The average Bonchev–Trinajstić information content (AvgIpc) is 3.30. The Labute approximate surface area is 217 Å². The van der Waals surface area contributed by atoms with Crippen LogP contribution in [0.15, 0.2) is 84.0 Å². The smallest absolute Gasteiger partial charge is 0.336 e. The van der Waals surface area contributed by atoms with Crippen molar-refractivity contribution in [2.45, 2.75) is 30.3 Å². The molecule has 3 aromatic rings. The number of carbonyl (C=O) groups is 3. The number of Topliss-reactive ketones (excluding diaryl/α,β-unsaturated/α-hetero) is 1. The Bertz CT molecular complexity index is 1550. The van der Waals surface area contributed by atoms with Crippen molar-refractivity contribution in [2.24, 2.45) is 11.3 Å². The molecule has 11 heteroatoms. The molecule has 1 aliphatic carbocycles. The van der Waals surface area contributed by atoms with Crippen LogP contribution < -0.4 is 0 Å². The molecule has 0 spiro atoms. The van der Waals surface area contributed by atoms with Gasteiger partial charge in [-0.25, -0.2) is 21.6 Å². The number of aromatic nitrogens is 1. The normalized spacial score (nSPS) is 23.2. The predicted molar refractivity (Wildman–Crippen MR) is 133 cm³/mol. The zero-order valence-electron chi connectivity index (χ0n) is 20.1. The molecule has 1 aliphatic rings. The van der Waals surface area contributed by atoms with E-state index in [1.165, 1.54) is 61.7 Å². The molecule has 2 aromatic carbocycles. The maximum atomic E-state index is 13.8. The Kier molecular flexibility index (Phi) is 6.85. The summed E-state index contributed by atoms with van der Waals surface area (Å²) in [6.07, 6.45) is 3.67. The van der Waals surface area contributed by atoms with E-state index < -0.39 is 56.9 Å². The minimum absolute atomic E-state index is 0.00651. The van der Waals surface area contributed by atoms with Gasteiger partial charge in [0.25, 0.3) is 10.0 Å². The maximum absolute atomic E-state index is 13.8. The van der Waals surface area contributed by atoms with E-state index in [-0.39, 0.29) is 22.4 Å². The van der Waals surface area contributed by atoms with Crippen LogP contribution in [0.2, 0.25) is 0 Å². The number of aliphatic carboxylic acids is 2. The van der Waals surface area contributed by atoms with Gasteiger partial charge in [0.05, 0.1) is 16.2 Å². The Hall–Kier alpha value is -4.09. The van der Waals surface area contributed by atoms with Gasteiger partial charge in [-0.1, -0.05) is 42.5 Å². The number of benzene rings is 2. The van der Waals surface area contributed by atoms with Crippen molar-refractivity contribution >= 4 is 27.7 Å². The fourth-order valence-electron chi connectivity index (χ4n) is 4.53. The van der Waals surface area contributed by atoms with Crippen LogP contribution in [-0.4, -0.2) is 51.0 Å². The van der Waals surface area contributed by atoms with Gasteiger partial charge in [0, 0.05) is 24.4 Å². The highest BCUT2D eigenvalue weighted by atomic mass is 32.2. The number of carbonyl (C=O) groups excluding carboxylic acids is 1. The van der Waals surface area contributed by atoms with Gasteiger partial charge in [0.2, 0.25) is 0 Å². The quantitative estimate of drug-likeness (QED) is 0.291. The first kappa shape index (κ1) is 27.0. The third kappa shape index (κ3) is 4.77. The van der Waals surface area contributed by atoms with Crippen LogP contribution in [-0.2, 0) is 26.0 Å². The molecule has 3 unspecified atom stereocenters. The first-order chi connectivity index (χ1) is 17.8. The lowest BCUT2D eigenvalue weighted by atomic mass is 9.66. The van der Waals surface area contributed by atoms with Crippen LogP contribution in [0.5, 0.6) is 0 Å². The lowest BCUT2D eigenvalue weighted by Crippen LogP contribution is -2.54. The largest absolute Gasteiger partial charge is 0.481 e. The molecular weight excluding hydrogens is 517 g/mol. The van der Waals surface area contributed by atoms with E-state index in [2.05, 4.69) is 0 Å². The van der Waals surface area contributed by atoms with E-state index in [0.717, 1.165) is 22.3 Å².